The second kappa shape index (κ2) is 3.44. The Labute approximate surface area is 86.1 Å². The molecule has 0 unspecified atom stereocenters. The third-order valence-electron chi connectivity index (χ3n) is 3.64. The van der Waals surface area contributed by atoms with E-state index < -0.39 is 0 Å². The van der Waals surface area contributed by atoms with Crippen LogP contribution in [-0.4, -0.2) is 43.0 Å². The van der Waals surface area contributed by atoms with Gasteiger partial charge in [0.05, 0.1) is 0 Å². The maximum Gasteiger partial charge on any atom is 0.319 e. The molecule has 3 heteroatoms. The Bertz CT molecular complexity index is 225. The fraction of sp³-hybridized carbons (Fsp3) is 0.909. The maximum absolute atomic E-state index is 11.7. The van der Waals surface area contributed by atoms with Crippen molar-refractivity contribution in [2.45, 2.75) is 19.8 Å². The summed E-state index contributed by atoms with van der Waals surface area (Å²) in [6.07, 6.45) is 2.64. The molecule has 2 amide bonds. The SMILES string of the molecule is C[C@@H]1C[C@@H]2CN(C(=O)N(C)C)C[C@@H]2C1. The van der Waals surface area contributed by atoms with Gasteiger partial charge in [-0.05, 0) is 30.6 Å². The van der Waals surface area contributed by atoms with Crippen molar-refractivity contribution in [2.24, 2.45) is 17.8 Å². The Hall–Kier alpha value is -0.730. The summed E-state index contributed by atoms with van der Waals surface area (Å²) in [5, 5.41) is 0. The van der Waals surface area contributed by atoms with Crippen LogP contribution in [0.25, 0.3) is 0 Å². The standard InChI is InChI=1S/C11H20N2O/c1-8-4-9-6-13(7-10(9)5-8)11(14)12(2)3/h8-10H,4-7H2,1-3H3/t8-,9-,10+. The monoisotopic (exact) mass is 196 g/mol. The smallest absolute Gasteiger partial charge is 0.319 e. The summed E-state index contributed by atoms with van der Waals surface area (Å²) in [6, 6.07) is 0.187. The third-order valence-corrected chi connectivity index (χ3v) is 3.64. The molecule has 0 aromatic heterocycles. The van der Waals surface area contributed by atoms with Crippen LogP contribution < -0.4 is 0 Å². The summed E-state index contributed by atoms with van der Waals surface area (Å²) < 4.78 is 0. The Morgan fingerprint density at radius 2 is 1.71 bits per heavy atom. The van der Waals surface area contributed by atoms with Gasteiger partial charge in [-0.3, -0.25) is 0 Å². The minimum atomic E-state index is 0.187. The number of hydrogen-bond donors (Lipinski definition) is 0. The molecule has 0 radical (unpaired) electrons. The molecule has 0 aromatic carbocycles. The molecular weight excluding hydrogens is 176 g/mol. The van der Waals surface area contributed by atoms with Crippen LogP contribution >= 0.6 is 0 Å². The first-order chi connectivity index (χ1) is 6.58. The predicted molar refractivity (Wildman–Crippen MR) is 56.0 cm³/mol. The number of urea groups is 1. The van der Waals surface area contributed by atoms with E-state index in [0.717, 1.165) is 30.8 Å². The summed E-state index contributed by atoms with van der Waals surface area (Å²) in [4.78, 5) is 15.4. The number of fused-ring (bicyclic) bond motifs is 1. The van der Waals surface area contributed by atoms with Gasteiger partial charge < -0.3 is 9.80 Å². The molecule has 0 aromatic rings. The number of carbonyl (C=O) groups is 1. The first kappa shape index (κ1) is 9.81. The van der Waals surface area contributed by atoms with Gasteiger partial charge in [-0.15, -0.1) is 0 Å². The zero-order chi connectivity index (χ0) is 10.3. The quantitative estimate of drug-likeness (QED) is 0.578. The largest absolute Gasteiger partial charge is 0.331 e. The van der Waals surface area contributed by atoms with Gasteiger partial charge in [0.25, 0.3) is 0 Å². The molecule has 2 rings (SSSR count). The number of likely N-dealkylation sites (tertiary alicyclic amines) is 1. The van der Waals surface area contributed by atoms with Crippen molar-refractivity contribution in [1.29, 1.82) is 0 Å². The lowest BCUT2D eigenvalue weighted by molar-refractivity contribution is 0.177. The Kier molecular flexibility index (Phi) is 2.41. The first-order valence-electron chi connectivity index (χ1n) is 5.54. The van der Waals surface area contributed by atoms with E-state index >= 15 is 0 Å². The van der Waals surface area contributed by atoms with E-state index in [4.69, 9.17) is 0 Å². The first-order valence-corrected chi connectivity index (χ1v) is 5.54. The van der Waals surface area contributed by atoms with Crippen molar-refractivity contribution in [3.63, 3.8) is 0 Å². The molecule has 1 aliphatic heterocycles. The highest BCUT2D eigenvalue weighted by Gasteiger charge is 2.41. The Balaban J connectivity index is 1.94. The normalized spacial score (nSPS) is 35.9. The Morgan fingerprint density at radius 1 is 1.21 bits per heavy atom. The summed E-state index contributed by atoms with van der Waals surface area (Å²) >= 11 is 0. The summed E-state index contributed by atoms with van der Waals surface area (Å²) in [7, 11) is 3.66. The highest BCUT2D eigenvalue weighted by Crippen LogP contribution is 2.41. The third kappa shape index (κ3) is 1.60. The number of amides is 2. The van der Waals surface area contributed by atoms with Crippen LogP contribution in [0.3, 0.4) is 0 Å². The Morgan fingerprint density at radius 3 is 2.14 bits per heavy atom. The average Bonchev–Trinajstić information content (AvgIpc) is 2.59. The lowest BCUT2D eigenvalue weighted by atomic mass is 10.0. The van der Waals surface area contributed by atoms with E-state index in [1.807, 2.05) is 19.0 Å². The molecular formula is C11H20N2O. The van der Waals surface area contributed by atoms with Crippen LogP contribution in [0, 0.1) is 17.8 Å². The summed E-state index contributed by atoms with van der Waals surface area (Å²) in [6.45, 7) is 4.31. The molecule has 1 heterocycles. The molecule has 80 valence electrons. The van der Waals surface area contributed by atoms with E-state index in [9.17, 15) is 4.79 Å². The molecule has 1 saturated carbocycles. The number of nitrogens with zero attached hydrogens (tertiary/aromatic N) is 2. The molecule has 14 heavy (non-hydrogen) atoms. The van der Waals surface area contributed by atoms with Gasteiger partial charge in [0.1, 0.15) is 0 Å². The highest BCUT2D eigenvalue weighted by atomic mass is 16.2. The van der Waals surface area contributed by atoms with Crippen LogP contribution in [0.1, 0.15) is 19.8 Å². The van der Waals surface area contributed by atoms with Gasteiger partial charge >= 0.3 is 6.03 Å². The summed E-state index contributed by atoms with van der Waals surface area (Å²) in [5.74, 6) is 2.45. The van der Waals surface area contributed by atoms with Gasteiger partial charge in [-0.2, -0.15) is 0 Å². The van der Waals surface area contributed by atoms with Gasteiger partial charge in [0, 0.05) is 27.2 Å². The van der Waals surface area contributed by atoms with E-state index in [1.54, 1.807) is 4.90 Å². The van der Waals surface area contributed by atoms with Gasteiger partial charge in [0.15, 0.2) is 0 Å². The molecule has 0 bridgehead atoms. The van der Waals surface area contributed by atoms with Crippen molar-refractivity contribution in [1.82, 2.24) is 9.80 Å². The van der Waals surface area contributed by atoms with Crippen molar-refractivity contribution in [2.75, 3.05) is 27.2 Å². The molecule has 2 aliphatic rings. The van der Waals surface area contributed by atoms with Crippen LogP contribution in [0.5, 0.6) is 0 Å². The van der Waals surface area contributed by atoms with Crippen molar-refractivity contribution in [3.05, 3.63) is 0 Å². The summed E-state index contributed by atoms with van der Waals surface area (Å²) in [5.41, 5.74) is 0. The molecule has 1 saturated heterocycles. The van der Waals surface area contributed by atoms with Crippen LogP contribution in [-0.2, 0) is 0 Å². The lowest BCUT2D eigenvalue weighted by Crippen LogP contribution is -2.38. The van der Waals surface area contributed by atoms with Gasteiger partial charge in [-0.1, -0.05) is 6.92 Å². The zero-order valence-corrected chi connectivity index (χ0v) is 9.36. The van der Waals surface area contributed by atoms with Crippen molar-refractivity contribution < 1.29 is 4.79 Å². The number of rotatable bonds is 0. The van der Waals surface area contributed by atoms with Gasteiger partial charge in [-0.25, -0.2) is 4.79 Å². The van der Waals surface area contributed by atoms with E-state index in [-0.39, 0.29) is 6.03 Å². The van der Waals surface area contributed by atoms with Crippen molar-refractivity contribution >= 4 is 6.03 Å². The second-order valence-corrected chi connectivity index (χ2v) is 5.18. The molecule has 3 nitrogen and oxygen atoms in total. The van der Waals surface area contributed by atoms with E-state index in [1.165, 1.54) is 12.8 Å². The van der Waals surface area contributed by atoms with Crippen molar-refractivity contribution in [3.8, 4) is 0 Å². The molecule has 0 N–H and O–H groups in total. The molecule has 2 fully saturated rings. The number of carbonyl (C=O) groups excluding carboxylic acids is 1. The topological polar surface area (TPSA) is 23.6 Å². The maximum atomic E-state index is 11.7. The van der Waals surface area contributed by atoms with Crippen LogP contribution in [0.2, 0.25) is 0 Å². The predicted octanol–water partition coefficient (Wildman–Crippen LogP) is 1.65. The minimum Gasteiger partial charge on any atom is -0.331 e. The van der Waals surface area contributed by atoms with E-state index in [2.05, 4.69) is 6.92 Å². The zero-order valence-electron chi connectivity index (χ0n) is 9.36. The minimum absolute atomic E-state index is 0.187. The molecule has 3 atom stereocenters. The molecule has 1 aliphatic carbocycles. The van der Waals surface area contributed by atoms with Crippen LogP contribution in [0.4, 0.5) is 4.79 Å². The second-order valence-electron chi connectivity index (χ2n) is 5.18. The highest BCUT2D eigenvalue weighted by molar-refractivity contribution is 5.74. The average molecular weight is 196 g/mol. The fourth-order valence-electron chi connectivity index (χ4n) is 3.04. The number of hydrogen-bond acceptors (Lipinski definition) is 1. The molecule has 0 spiro atoms. The lowest BCUT2D eigenvalue weighted by Gasteiger charge is -2.22. The van der Waals surface area contributed by atoms with E-state index in [0.29, 0.717) is 0 Å². The van der Waals surface area contributed by atoms with Crippen LogP contribution in [0.15, 0.2) is 0 Å². The fourth-order valence-corrected chi connectivity index (χ4v) is 3.04. The van der Waals surface area contributed by atoms with Gasteiger partial charge in [0.2, 0.25) is 0 Å².